The molecule has 0 spiro atoms. The molecule has 10 rings (SSSR count). The number of fused-ring (bicyclic) bond motifs is 14. The van der Waals surface area contributed by atoms with Gasteiger partial charge >= 0.3 is 0 Å². The Balaban J connectivity index is 1.32. The van der Waals surface area contributed by atoms with E-state index in [1.807, 2.05) is 12.3 Å². The van der Waals surface area contributed by atoms with Crippen LogP contribution in [0.1, 0.15) is 0 Å². The Bertz CT molecular complexity index is 2790. The highest BCUT2D eigenvalue weighted by atomic mass is 16.3. The monoisotopic (exact) mass is 546 g/mol. The van der Waals surface area contributed by atoms with Gasteiger partial charge in [0.25, 0.3) is 0 Å². The van der Waals surface area contributed by atoms with Crippen molar-refractivity contribution < 1.29 is 4.42 Å². The largest absolute Gasteiger partial charge is 0.456 e. The van der Waals surface area contributed by atoms with Crippen LogP contribution in [0.3, 0.4) is 0 Å². The number of aromatic nitrogens is 2. The standard InChI is InChI=1S/C40H22N2O/c1-3-11-27-25(9-1)26-10-2-4-12-28(26)32-21-36-34(20-31(27)32)38-30-14-6-5-13-29(30)33(22-37(38)43-36)35-18-17-24-16-15-23-8-7-19-41-39(23)40(24)42-35/h1-22H. The summed E-state index contributed by atoms with van der Waals surface area (Å²) in [7, 11) is 0. The fraction of sp³-hybridized carbons (Fsp3) is 0. The van der Waals surface area contributed by atoms with Crippen molar-refractivity contribution in [2.45, 2.75) is 0 Å². The molecule has 0 atom stereocenters. The molecule has 0 saturated heterocycles. The Morgan fingerprint density at radius 3 is 1.77 bits per heavy atom. The molecule has 0 aliphatic rings. The summed E-state index contributed by atoms with van der Waals surface area (Å²) in [4.78, 5) is 9.87. The van der Waals surface area contributed by atoms with Crippen molar-refractivity contribution in [2.24, 2.45) is 0 Å². The third-order valence-electron chi connectivity index (χ3n) is 9.05. The fourth-order valence-electron chi connectivity index (χ4n) is 7.12. The third-order valence-corrected chi connectivity index (χ3v) is 9.05. The Hall–Kier alpha value is -5.80. The summed E-state index contributed by atoms with van der Waals surface area (Å²) >= 11 is 0. The normalized spacial score (nSPS) is 12.2. The zero-order valence-electron chi connectivity index (χ0n) is 23.0. The van der Waals surface area contributed by atoms with E-state index in [-0.39, 0.29) is 0 Å². The zero-order valence-corrected chi connectivity index (χ0v) is 23.0. The lowest BCUT2D eigenvalue weighted by Gasteiger charge is -2.11. The van der Waals surface area contributed by atoms with Crippen molar-refractivity contribution >= 4 is 86.8 Å². The number of nitrogens with zero attached hydrogens (tertiary/aromatic N) is 2. The molecular weight excluding hydrogens is 524 g/mol. The van der Waals surface area contributed by atoms with Crippen LogP contribution in [0, 0.1) is 0 Å². The summed E-state index contributed by atoms with van der Waals surface area (Å²) in [5, 5.41) is 14.2. The lowest BCUT2D eigenvalue weighted by molar-refractivity contribution is 0.670. The minimum atomic E-state index is 0.866. The number of hydrogen-bond donors (Lipinski definition) is 0. The van der Waals surface area contributed by atoms with Gasteiger partial charge in [-0.15, -0.1) is 0 Å². The summed E-state index contributed by atoms with van der Waals surface area (Å²) < 4.78 is 6.71. The Morgan fingerprint density at radius 2 is 1.02 bits per heavy atom. The van der Waals surface area contributed by atoms with Gasteiger partial charge in [0, 0.05) is 33.3 Å². The average Bonchev–Trinajstić information content (AvgIpc) is 3.44. The Kier molecular flexibility index (Phi) is 4.45. The van der Waals surface area contributed by atoms with Crippen LogP contribution in [0.2, 0.25) is 0 Å². The summed E-state index contributed by atoms with van der Waals surface area (Å²) in [5.41, 5.74) is 5.55. The van der Waals surface area contributed by atoms with Gasteiger partial charge in [0.05, 0.1) is 16.7 Å². The maximum Gasteiger partial charge on any atom is 0.136 e. The van der Waals surface area contributed by atoms with Crippen LogP contribution in [0.5, 0.6) is 0 Å². The Labute approximate surface area is 245 Å². The highest BCUT2D eigenvalue weighted by Gasteiger charge is 2.18. The maximum atomic E-state index is 6.71. The van der Waals surface area contributed by atoms with Crippen molar-refractivity contribution in [3.63, 3.8) is 0 Å². The van der Waals surface area contributed by atoms with Crippen LogP contribution in [0.15, 0.2) is 138 Å². The first-order valence-electron chi connectivity index (χ1n) is 14.6. The van der Waals surface area contributed by atoms with Crippen LogP contribution in [0.4, 0.5) is 0 Å². The van der Waals surface area contributed by atoms with Gasteiger partial charge in [-0.05, 0) is 73.4 Å². The quantitative estimate of drug-likeness (QED) is 0.192. The average molecular weight is 547 g/mol. The predicted octanol–water partition coefficient (Wildman–Crippen LogP) is 11.0. The lowest BCUT2D eigenvalue weighted by atomic mass is 9.92. The maximum absolute atomic E-state index is 6.71. The molecule has 0 saturated carbocycles. The first-order valence-corrected chi connectivity index (χ1v) is 14.6. The zero-order chi connectivity index (χ0) is 28.1. The topological polar surface area (TPSA) is 38.9 Å². The molecule has 0 aliphatic heterocycles. The molecular formula is C40H22N2O. The SMILES string of the molecule is c1cnc2c(c1)ccc1ccc(-c3cc4oc5cc6c7ccccc7c7ccccc7c6cc5c4c4ccccc34)nc12. The van der Waals surface area contributed by atoms with E-state index >= 15 is 0 Å². The van der Waals surface area contributed by atoms with Crippen LogP contribution >= 0.6 is 0 Å². The van der Waals surface area contributed by atoms with Gasteiger partial charge in [0.1, 0.15) is 11.2 Å². The molecule has 198 valence electrons. The van der Waals surface area contributed by atoms with E-state index < -0.39 is 0 Å². The number of benzene rings is 7. The van der Waals surface area contributed by atoms with Crippen molar-refractivity contribution in [3.05, 3.63) is 134 Å². The first-order chi connectivity index (χ1) is 21.3. The van der Waals surface area contributed by atoms with E-state index in [0.29, 0.717) is 0 Å². The molecule has 7 aromatic carbocycles. The summed E-state index contributed by atoms with van der Waals surface area (Å²) in [6.45, 7) is 0. The van der Waals surface area contributed by atoms with E-state index in [1.54, 1.807) is 0 Å². The Morgan fingerprint density at radius 1 is 0.419 bits per heavy atom. The minimum Gasteiger partial charge on any atom is -0.456 e. The second-order valence-corrected chi connectivity index (χ2v) is 11.3. The van der Waals surface area contributed by atoms with Crippen LogP contribution in [-0.4, -0.2) is 9.97 Å². The van der Waals surface area contributed by atoms with Crippen LogP contribution < -0.4 is 0 Å². The predicted molar refractivity (Wildman–Crippen MR) is 180 cm³/mol. The van der Waals surface area contributed by atoms with E-state index in [9.17, 15) is 0 Å². The minimum absolute atomic E-state index is 0.866. The summed E-state index contributed by atoms with van der Waals surface area (Å²) in [5.74, 6) is 0. The first kappa shape index (κ1) is 22.8. The highest BCUT2D eigenvalue weighted by Crippen LogP contribution is 2.43. The van der Waals surface area contributed by atoms with Gasteiger partial charge in [0.15, 0.2) is 0 Å². The van der Waals surface area contributed by atoms with Gasteiger partial charge in [-0.3, -0.25) is 4.98 Å². The molecule has 43 heavy (non-hydrogen) atoms. The second-order valence-electron chi connectivity index (χ2n) is 11.3. The van der Waals surface area contributed by atoms with Gasteiger partial charge in [0.2, 0.25) is 0 Å². The molecule has 0 N–H and O–H groups in total. The van der Waals surface area contributed by atoms with Crippen LogP contribution in [-0.2, 0) is 0 Å². The molecule has 3 aromatic heterocycles. The van der Waals surface area contributed by atoms with Crippen molar-refractivity contribution in [3.8, 4) is 11.3 Å². The molecule has 0 fully saturated rings. The van der Waals surface area contributed by atoms with Crippen LogP contribution in [0.25, 0.3) is 98.1 Å². The number of hydrogen-bond acceptors (Lipinski definition) is 3. The second kappa shape index (κ2) is 8.37. The summed E-state index contributed by atoms with van der Waals surface area (Å²) in [6, 6.07) is 45.3. The molecule has 0 aliphatic carbocycles. The van der Waals surface area contributed by atoms with Gasteiger partial charge in [-0.25, -0.2) is 4.98 Å². The van der Waals surface area contributed by atoms with E-state index in [0.717, 1.165) is 65.8 Å². The number of pyridine rings is 2. The van der Waals surface area contributed by atoms with Gasteiger partial charge < -0.3 is 4.42 Å². The van der Waals surface area contributed by atoms with E-state index in [1.165, 1.54) is 32.3 Å². The summed E-state index contributed by atoms with van der Waals surface area (Å²) in [6.07, 6.45) is 1.84. The van der Waals surface area contributed by atoms with Gasteiger partial charge in [-0.2, -0.15) is 0 Å². The van der Waals surface area contributed by atoms with Gasteiger partial charge in [-0.1, -0.05) is 97.1 Å². The molecule has 0 radical (unpaired) electrons. The third kappa shape index (κ3) is 3.14. The van der Waals surface area contributed by atoms with Crippen molar-refractivity contribution in [2.75, 3.05) is 0 Å². The van der Waals surface area contributed by atoms with Crippen molar-refractivity contribution in [1.29, 1.82) is 0 Å². The molecule has 0 bridgehead atoms. The molecule has 0 unspecified atom stereocenters. The van der Waals surface area contributed by atoms with Crippen molar-refractivity contribution in [1.82, 2.24) is 9.97 Å². The smallest absolute Gasteiger partial charge is 0.136 e. The molecule has 3 heteroatoms. The number of furan rings is 1. The lowest BCUT2D eigenvalue weighted by Crippen LogP contribution is -1.90. The van der Waals surface area contributed by atoms with E-state index in [2.05, 4.69) is 126 Å². The molecule has 0 amide bonds. The molecule has 3 nitrogen and oxygen atoms in total. The molecule has 3 heterocycles. The van der Waals surface area contributed by atoms with E-state index in [4.69, 9.17) is 9.40 Å². The number of rotatable bonds is 1. The highest BCUT2D eigenvalue weighted by molar-refractivity contribution is 6.30. The molecule has 10 aromatic rings. The fourth-order valence-corrected chi connectivity index (χ4v) is 7.12.